The first kappa shape index (κ1) is 9.91. The van der Waals surface area contributed by atoms with Gasteiger partial charge < -0.3 is 10.1 Å². The predicted octanol–water partition coefficient (Wildman–Crippen LogP) is 1.19. The highest BCUT2D eigenvalue weighted by molar-refractivity contribution is 5.85. The molecule has 72 valence electrons. The summed E-state index contributed by atoms with van der Waals surface area (Å²) in [5.41, 5.74) is 0.227. The summed E-state index contributed by atoms with van der Waals surface area (Å²) in [6, 6.07) is 4.92. The molecule has 0 aliphatic carbocycles. The molecular formula is C9H9N3O2. The molecule has 5 nitrogen and oxygen atoms in total. The number of aromatic carboxylic acids is 1. The number of nitrogens with zero attached hydrogens (tertiary/aromatic N) is 2. The molecule has 2 aromatic rings. The number of aromatic nitrogens is 3. The van der Waals surface area contributed by atoms with E-state index in [4.69, 9.17) is 5.11 Å². The lowest BCUT2D eigenvalue weighted by atomic mass is 10.4. The SMILES string of the molecule is O=C(O)c1ccc[nH]1.c1cncnc1. The Labute approximate surface area is 80.5 Å². The van der Waals surface area contributed by atoms with E-state index >= 15 is 0 Å². The maximum absolute atomic E-state index is 10.0. The maximum Gasteiger partial charge on any atom is 0.352 e. The van der Waals surface area contributed by atoms with Crippen molar-refractivity contribution >= 4 is 5.97 Å². The highest BCUT2D eigenvalue weighted by Gasteiger charge is 1.98. The molecule has 2 rings (SSSR count). The molecule has 0 saturated carbocycles. The molecule has 0 amide bonds. The number of carboxylic acids is 1. The Kier molecular flexibility index (Phi) is 3.87. The van der Waals surface area contributed by atoms with Crippen LogP contribution in [0, 0.1) is 0 Å². The van der Waals surface area contributed by atoms with Crippen LogP contribution in [-0.4, -0.2) is 26.0 Å². The van der Waals surface area contributed by atoms with Crippen LogP contribution in [0.2, 0.25) is 0 Å². The molecule has 2 N–H and O–H groups in total. The number of H-pyrrole nitrogens is 1. The molecule has 14 heavy (non-hydrogen) atoms. The topological polar surface area (TPSA) is 78.9 Å². The maximum atomic E-state index is 10.0. The van der Waals surface area contributed by atoms with Crippen molar-refractivity contribution < 1.29 is 9.90 Å². The fourth-order valence-corrected chi connectivity index (χ4v) is 0.717. The zero-order chi connectivity index (χ0) is 10.2. The van der Waals surface area contributed by atoms with Gasteiger partial charge in [-0.15, -0.1) is 0 Å². The van der Waals surface area contributed by atoms with Gasteiger partial charge in [-0.05, 0) is 18.2 Å². The largest absolute Gasteiger partial charge is 0.477 e. The molecule has 2 aromatic heterocycles. The van der Waals surface area contributed by atoms with Crippen molar-refractivity contribution in [1.29, 1.82) is 0 Å². The highest BCUT2D eigenvalue weighted by atomic mass is 16.4. The summed E-state index contributed by atoms with van der Waals surface area (Å²) in [7, 11) is 0. The third kappa shape index (κ3) is 3.48. The van der Waals surface area contributed by atoms with Crippen molar-refractivity contribution in [1.82, 2.24) is 15.0 Å². The number of carbonyl (C=O) groups is 1. The number of aromatic amines is 1. The fourth-order valence-electron chi connectivity index (χ4n) is 0.717. The third-order valence-electron chi connectivity index (χ3n) is 1.31. The molecule has 0 saturated heterocycles. The van der Waals surface area contributed by atoms with E-state index in [1.807, 2.05) is 0 Å². The van der Waals surface area contributed by atoms with E-state index in [1.165, 1.54) is 12.4 Å². The second-order valence-corrected chi connectivity index (χ2v) is 2.29. The van der Waals surface area contributed by atoms with Gasteiger partial charge in [-0.3, -0.25) is 0 Å². The number of carboxylic acid groups (broad SMARTS) is 1. The summed E-state index contributed by atoms with van der Waals surface area (Å²) >= 11 is 0. The fraction of sp³-hybridized carbons (Fsp3) is 0. The minimum atomic E-state index is -0.921. The van der Waals surface area contributed by atoms with Crippen LogP contribution in [0.4, 0.5) is 0 Å². The lowest BCUT2D eigenvalue weighted by Crippen LogP contribution is -1.94. The summed E-state index contributed by atoms with van der Waals surface area (Å²) in [4.78, 5) is 19.9. The van der Waals surface area contributed by atoms with Crippen LogP contribution in [-0.2, 0) is 0 Å². The van der Waals surface area contributed by atoms with Crippen molar-refractivity contribution in [3.63, 3.8) is 0 Å². The van der Waals surface area contributed by atoms with Gasteiger partial charge in [0.05, 0.1) is 0 Å². The van der Waals surface area contributed by atoms with Gasteiger partial charge in [-0.25, -0.2) is 14.8 Å². The van der Waals surface area contributed by atoms with Crippen molar-refractivity contribution in [3.05, 3.63) is 48.8 Å². The second-order valence-electron chi connectivity index (χ2n) is 2.29. The van der Waals surface area contributed by atoms with Gasteiger partial charge >= 0.3 is 5.97 Å². The number of nitrogens with one attached hydrogen (secondary N) is 1. The Hall–Kier alpha value is -2.17. The summed E-state index contributed by atoms with van der Waals surface area (Å²) in [6.07, 6.45) is 6.45. The van der Waals surface area contributed by atoms with Gasteiger partial charge in [-0.1, -0.05) is 0 Å². The average Bonchev–Trinajstić information content (AvgIpc) is 2.74. The van der Waals surface area contributed by atoms with Gasteiger partial charge in [0.1, 0.15) is 12.0 Å². The molecule has 2 heterocycles. The first-order valence-corrected chi connectivity index (χ1v) is 3.87. The second kappa shape index (κ2) is 5.47. The van der Waals surface area contributed by atoms with E-state index in [2.05, 4.69) is 15.0 Å². The van der Waals surface area contributed by atoms with Gasteiger partial charge in [0.15, 0.2) is 0 Å². The van der Waals surface area contributed by atoms with Gasteiger partial charge in [-0.2, -0.15) is 0 Å². The molecule has 0 bridgehead atoms. The summed E-state index contributed by atoms with van der Waals surface area (Å²) < 4.78 is 0. The van der Waals surface area contributed by atoms with E-state index in [0.717, 1.165) is 0 Å². The number of rotatable bonds is 1. The van der Waals surface area contributed by atoms with Crippen molar-refractivity contribution in [2.24, 2.45) is 0 Å². The van der Waals surface area contributed by atoms with Crippen LogP contribution in [0.5, 0.6) is 0 Å². The molecular weight excluding hydrogens is 182 g/mol. The molecule has 0 aromatic carbocycles. The summed E-state index contributed by atoms with van der Waals surface area (Å²) in [5, 5.41) is 8.24. The van der Waals surface area contributed by atoms with Crippen molar-refractivity contribution in [2.75, 3.05) is 0 Å². The normalized spacial score (nSPS) is 8.57. The Morgan fingerprint density at radius 2 is 2.00 bits per heavy atom. The minimum Gasteiger partial charge on any atom is -0.477 e. The van der Waals surface area contributed by atoms with E-state index in [-0.39, 0.29) is 5.69 Å². The smallest absolute Gasteiger partial charge is 0.352 e. The summed E-state index contributed by atoms with van der Waals surface area (Å²) in [5.74, 6) is -0.921. The van der Waals surface area contributed by atoms with E-state index in [1.54, 1.807) is 30.7 Å². The molecule has 0 radical (unpaired) electrons. The van der Waals surface area contributed by atoms with Crippen LogP contribution < -0.4 is 0 Å². The Morgan fingerprint density at radius 3 is 2.21 bits per heavy atom. The highest BCUT2D eigenvalue weighted by Crippen LogP contribution is 1.91. The molecule has 0 fully saturated rings. The lowest BCUT2D eigenvalue weighted by Gasteiger charge is -1.80. The Balaban J connectivity index is 0.000000146. The first-order chi connectivity index (χ1) is 6.80. The first-order valence-electron chi connectivity index (χ1n) is 3.87. The van der Waals surface area contributed by atoms with E-state index in [9.17, 15) is 4.79 Å². The molecule has 0 unspecified atom stereocenters. The van der Waals surface area contributed by atoms with Crippen LogP contribution in [0.15, 0.2) is 43.1 Å². The van der Waals surface area contributed by atoms with E-state index < -0.39 is 5.97 Å². The third-order valence-corrected chi connectivity index (χ3v) is 1.31. The molecule has 5 heteroatoms. The molecule has 0 aliphatic rings. The summed E-state index contributed by atoms with van der Waals surface area (Å²) in [6.45, 7) is 0. The van der Waals surface area contributed by atoms with Crippen LogP contribution >= 0.6 is 0 Å². The quantitative estimate of drug-likeness (QED) is 0.709. The van der Waals surface area contributed by atoms with Crippen molar-refractivity contribution in [3.8, 4) is 0 Å². The molecule has 0 atom stereocenters. The van der Waals surface area contributed by atoms with Gasteiger partial charge in [0.2, 0.25) is 0 Å². The van der Waals surface area contributed by atoms with Gasteiger partial charge in [0.25, 0.3) is 0 Å². The zero-order valence-corrected chi connectivity index (χ0v) is 7.29. The standard InChI is InChI=1S/C5H5NO2.C4H4N2/c7-5(8)4-2-1-3-6-4;1-2-5-4-6-3-1/h1-3,6H,(H,7,8);1-4H. The Bertz CT molecular complexity index is 332. The Morgan fingerprint density at radius 1 is 1.29 bits per heavy atom. The minimum absolute atomic E-state index is 0.227. The monoisotopic (exact) mass is 191 g/mol. The predicted molar refractivity (Wildman–Crippen MR) is 49.8 cm³/mol. The molecule has 0 aliphatic heterocycles. The van der Waals surface area contributed by atoms with Gasteiger partial charge in [0, 0.05) is 18.6 Å². The number of hydrogen-bond donors (Lipinski definition) is 2. The van der Waals surface area contributed by atoms with Crippen LogP contribution in [0.1, 0.15) is 10.5 Å². The van der Waals surface area contributed by atoms with Crippen LogP contribution in [0.25, 0.3) is 0 Å². The van der Waals surface area contributed by atoms with Crippen LogP contribution in [0.3, 0.4) is 0 Å². The lowest BCUT2D eigenvalue weighted by molar-refractivity contribution is 0.0691. The van der Waals surface area contributed by atoms with Crippen molar-refractivity contribution in [2.45, 2.75) is 0 Å². The molecule has 0 spiro atoms. The van der Waals surface area contributed by atoms with E-state index in [0.29, 0.717) is 0 Å². The zero-order valence-electron chi connectivity index (χ0n) is 7.29. The number of hydrogen-bond acceptors (Lipinski definition) is 3. The average molecular weight is 191 g/mol.